The second kappa shape index (κ2) is 6.95. The van der Waals surface area contributed by atoms with Crippen molar-refractivity contribution in [1.82, 2.24) is 15.6 Å². The molecule has 8 heteroatoms. The highest BCUT2D eigenvalue weighted by molar-refractivity contribution is 7.13. The Balaban J connectivity index is 1.66. The van der Waals surface area contributed by atoms with Crippen molar-refractivity contribution < 1.29 is 4.79 Å². The summed E-state index contributed by atoms with van der Waals surface area (Å²) in [5, 5.41) is 13.6. The number of nitrogens with zero attached hydrogens (tertiary/aromatic N) is 2. The molecular formula is C15H10Cl2N4OS. The minimum Gasteiger partial charge on any atom is -0.276 e. The van der Waals surface area contributed by atoms with Crippen molar-refractivity contribution in [3.8, 4) is 10.6 Å². The van der Waals surface area contributed by atoms with Gasteiger partial charge in [0.2, 0.25) is 0 Å². The Morgan fingerprint density at radius 1 is 1.30 bits per heavy atom. The number of amides is 1. The lowest BCUT2D eigenvalue weighted by Crippen LogP contribution is -2.18. The number of thiophene rings is 1. The van der Waals surface area contributed by atoms with Gasteiger partial charge in [-0.15, -0.1) is 11.3 Å². The third-order valence-electron chi connectivity index (χ3n) is 2.93. The number of nitrogens with one attached hydrogen (secondary N) is 2. The molecule has 1 aromatic carbocycles. The van der Waals surface area contributed by atoms with E-state index in [1.807, 2.05) is 17.5 Å². The van der Waals surface area contributed by atoms with Gasteiger partial charge in [0.05, 0.1) is 21.8 Å². The molecule has 116 valence electrons. The number of carbonyl (C=O) groups excluding carboxylic acids is 1. The molecule has 0 saturated carbocycles. The third-order valence-corrected chi connectivity index (χ3v) is 4.39. The summed E-state index contributed by atoms with van der Waals surface area (Å²) in [5.41, 5.74) is 4.10. The molecule has 0 radical (unpaired) electrons. The number of aromatic amines is 1. The predicted octanol–water partition coefficient (Wildman–Crippen LogP) is 4.21. The lowest BCUT2D eigenvalue weighted by molar-refractivity contribution is 0.0950. The molecule has 0 aliphatic heterocycles. The number of hydrogen-bond donors (Lipinski definition) is 2. The molecule has 0 atom stereocenters. The van der Waals surface area contributed by atoms with E-state index < -0.39 is 5.91 Å². The molecule has 0 aliphatic rings. The molecule has 2 heterocycles. The number of carbonyl (C=O) groups is 1. The zero-order valence-electron chi connectivity index (χ0n) is 11.6. The summed E-state index contributed by atoms with van der Waals surface area (Å²) >= 11 is 13.4. The van der Waals surface area contributed by atoms with Crippen LogP contribution in [0.5, 0.6) is 0 Å². The summed E-state index contributed by atoms with van der Waals surface area (Å²) in [6.45, 7) is 0. The zero-order valence-corrected chi connectivity index (χ0v) is 13.9. The van der Waals surface area contributed by atoms with Gasteiger partial charge in [0.25, 0.3) is 5.91 Å². The van der Waals surface area contributed by atoms with Crippen LogP contribution in [0.3, 0.4) is 0 Å². The molecule has 0 fully saturated rings. The topological polar surface area (TPSA) is 70.1 Å². The van der Waals surface area contributed by atoms with Gasteiger partial charge in [-0.25, -0.2) is 5.43 Å². The molecular weight excluding hydrogens is 355 g/mol. The summed E-state index contributed by atoms with van der Waals surface area (Å²) in [7, 11) is 0. The smallest absolute Gasteiger partial charge is 0.276 e. The largest absolute Gasteiger partial charge is 0.291 e. The van der Waals surface area contributed by atoms with Crippen molar-refractivity contribution in [2.24, 2.45) is 5.10 Å². The average molecular weight is 365 g/mol. The van der Waals surface area contributed by atoms with Gasteiger partial charge in [-0.2, -0.15) is 10.2 Å². The fourth-order valence-corrected chi connectivity index (χ4v) is 2.97. The number of hydrazone groups is 1. The fraction of sp³-hybridized carbons (Fsp3) is 0. The third kappa shape index (κ3) is 3.79. The lowest BCUT2D eigenvalue weighted by Gasteiger charge is -1.98. The van der Waals surface area contributed by atoms with Crippen molar-refractivity contribution in [1.29, 1.82) is 0 Å². The molecule has 2 aromatic heterocycles. The van der Waals surface area contributed by atoms with Gasteiger partial charge in [0, 0.05) is 10.6 Å². The van der Waals surface area contributed by atoms with Crippen LogP contribution >= 0.6 is 34.5 Å². The highest BCUT2D eigenvalue weighted by Gasteiger charge is 2.11. The van der Waals surface area contributed by atoms with Gasteiger partial charge in [0.1, 0.15) is 0 Å². The van der Waals surface area contributed by atoms with Crippen molar-refractivity contribution in [3.63, 3.8) is 0 Å². The normalized spacial score (nSPS) is 11.0. The maximum atomic E-state index is 12.0. The molecule has 3 aromatic rings. The van der Waals surface area contributed by atoms with E-state index in [0.29, 0.717) is 15.6 Å². The number of halogens is 2. The van der Waals surface area contributed by atoms with Crippen LogP contribution in [0.15, 0.2) is 46.9 Å². The summed E-state index contributed by atoms with van der Waals surface area (Å²) in [6.07, 6.45) is 1.45. The first kappa shape index (κ1) is 15.7. The summed E-state index contributed by atoms with van der Waals surface area (Å²) in [4.78, 5) is 13.0. The quantitative estimate of drug-likeness (QED) is 0.537. The Labute approximate surface area is 145 Å². The van der Waals surface area contributed by atoms with Crippen LogP contribution in [-0.4, -0.2) is 22.3 Å². The Morgan fingerprint density at radius 3 is 2.91 bits per heavy atom. The standard InChI is InChI=1S/C15H10Cl2N4OS/c16-10-4-3-9(11(17)6-10)8-18-21-15(22)13-7-12(19-20-13)14-2-1-5-23-14/h1-8H,(H,19,20)(H,21,22)/b18-8-. The first-order valence-electron chi connectivity index (χ1n) is 6.51. The number of rotatable bonds is 4. The second-order valence-corrected chi connectivity index (χ2v) is 6.30. The van der Waals surface area contributed by atoms with Crippen LogP contribution in [0.25, 0.3) is 10.6 Å². The van der Waals surface area contributed by atoms with Crippen molar-refractivity contribution in [2.75, 3.05) is 0 Å². The van der Waals surface area contributed by atoms with Gasteiger partial charge < -0.3 is 0 Å². The van der Waals surface area contributed by atoms with Gasteiger partial charge in [0.15, 0.2) is 5.69 Å². The van der Waals surface area contributed by atoms with Crippen molar-refractivity contribution in [3.05, 3.63) is 63.1 Å². The first-order valence-corrected chi connectivity index (χ1v) is 8.15. The number of hydrogen-bond acceptors (Lipinski definition) is 4. The van der Waals surface area contributed by atoms with Gasteiger partial charge in [-0.05, 0) is 29.6 Å². The molecule has 0 bridgehead atoms. The molecule has 5 nitrogen and oxygen atoms in total. The molecule has 0 saturated heterocycles. The van der Waals surface area contributed by atoms with E-state index in [-0.39, 0.29) is 5.69 Å². The van der Waals surface area contributed by atoms with Crippen LogP contribution in [0.1, 0.15) is 16.1 Å². The Morgan fingerprint density at radius 2 is 2.17 bits per heavy atom. The maximum Gasteiger partial charge on any atom is 0.291 e. The van der Waals surface area contributed by atoms with Crippen LogP contribution in [0.4, 0.5) is 0 Å². The molecule has 2 N–H and O–H groups in total. The molecule has 3 rings (SSSR count). The second-order valence-electron chi connectivity index (χ2n) is 4.51. The van der Waals surface area contributed by atoms with Crippen LogP contribution in [0, 0.1) is 0 Å². The Bertz CT molecular complexity index is 858. The van der Waals surface area contributed by atoms with E-state index >= 15 is 0 Å². The number of H-pyrrole nitrogens is 1. The van der Waals surface area contributed by atoms with Crippen molar-refractivity contribution in [2.45, 2.75) is 0 Å². The highest BCUT2D eigenvalue weighted by atomic mass is 35.5. The van der Waals surface area contributed by atoms with E-state index in [0.717, 1.165) is 10.6 Å². The van der Waals surface area contributed by atoms with Gasteiger partial charge in [-0.3, -0.25) is 9.89 Å². The van der Waals surface area contributed by atoms with E-state index in [2.05, 4.69) is 20.7 Å². The number of aromatic nitrogens is 2. The molecule has 0 spiro atoms. The molecule has 1 amide bonds. The lowest BCUT2D eigenvalue weighted by atomic mass is 10.2. The summed E-state index contributed by atoms with van der Waals surface area (Å²) in [5.74, 6) is -0.412. The summed E-state index contributed by atoms with van der Waals surface area (Å²) < 4.78 is 0. The fourth-order valence-electron chi connectivity index (χ4n) is 1.82. The highest BCUT2D eigenvalue weighted by Crippen LogP contribution is 2.23. The summed E-state index contributed by atoms with van der Waals surface area (Å²) in [6, 6.07) is 10.6. The van der Waals surface area contributed by atoms with Crippen LogP contribution in [0.2, 0.25) is 10.0 Å². The molecule has 0 unspecified atom stereocenters. The van der Waals surface area contributed by atoms with Crippen molar-refractivity contribution >= 4 is 46.7 Å². The number of benzene rings is 1. The van der Waals surface area contributed by atoms with E-state index in [4.69, 9.17) is 23.2 Å². The van der Waals surface area contributed by atoms with Gasteiger partial charge >= 0.3 is 0 Å². The average Bonchev–Trinajstić information content (AvgIpc) is 3.20. The minimum absolute atomic E-state index is 0.257. The van der Waals surface area contributed by atoms with Gasteiger partial charge in [-0.1, -0.05) is 35.3 Å². The van der Waals surface area contributed by atoms with E-state index in [1.165, 1.54) is 6.21 Å². The first-order chi connectivity index (χ1) is 11.1. The predicted molar refractivity (Wildman–Crippen MR) is 93.4 cm³/mol. The Hall–Kier alpha value is -2.15. The molecule has 0 aliphatic carbocycles. The van der Waals surface area contributed by atoms with E-state index in [1.54, 1.807) is 35.6 Å². The molecule has 23 heavy (non-hydrogen) atoms. The Kier molecular flexibility index (Phi) is 4.76. The zero-order chi connectivity index (χ0) is 16.2. The van der Waals surface area contributed by atoms with Crippen LogP contribution in [-0.2, 0) is 0 Å². The SMILES string of the molecule is O=C(N/N=C\c1ccc(Cl)cc1Cl)c1cc(-c2cccs2)[nH]n1. The maximum absolute atomic E-state index is 12.0. The minimum atomic E-state index is -0.412. The monoisotopic (exact) mass is 364 g/mol. The van der Waals surface area contributed by atoms with Crippen LogP contribution < -0.4 is 5.43 Å². The van der Waals surface area contributed by atoms with E-state index in [9.17, 15) is 4.79 Å².